The molecule has 2 aliphatic rings. The molecule has 0 saturated heterocycles. The number of aliphatic hydroxyl groups excluding tert-OH is 2. The molecule has 2 rings (SSSR count). The van der Waals surface area contributed by atoms with Gasteiger partial charge in [-0.05, 0) is 53.0 Å². The van der Waals surface area contributed by atoms with E-state index in [1.165, 1.54) is 30.4 Å². The maximum Gasteiger partial charge on any atom is 0.426 e. The Labute approximate surface area is 171 Å². The SMILES string of the molecule is CC1(C)C=C(O)C=CC(C(F)(F)OC2=CC(C)(C/C=C/I)C=C(O)C=C2)=C1. The van der Waals surface area contributed by atoms with Crippen molar-refractivity contribution in [3.8, 4) is 0 Å². The number of hydrogen-bond donors (Lipinski definition) is 2. The van der Waals surface area contributed by atoms with Gasteiger partial charge in [-0.3, -0.25) is 0 Å². The summed E-state index contributed by atoms with van der Waals surface area (Å²) < 4.78 is 36.6. The number of aliphatic hydroxyl groups is 2. The van der Waals surface area contributed by atoms with Crippen molar-refractivity contribution in [3.63, 3.8) is 0 Å². The normalized spacial score (nSPS) is 25.3. The highest BCUT2D eigenvalue weighted by molar-refractivity contribution is 14.1. The summed E-state index contributed by atoms with van der Waals surface area (Å²) in [6.07, 6.45) is 9.84. The minimum absolute atomic E-state index is 0.0126. The molecule has 0 aromatic rings. The Kier molecular flexibility index (Phi) is 6.39. The number of halogens is 3. The molecule has 0 aliphatic heterocycles. The summed E-state index contributed by atoms with van der Waals surface area (Å²) >= 11 is 2.08. The van der Waals surface area contributed by atoms with Crippen molar-refractivity contribution in [2.45, 2.75) is 33.3 Å². The molecule has 2 aliphatic carbocycles. The molecular formula is C21H23F2IO3. The van der Waals surface area contributed by atoms with Crippen molar-refractivity contribution in [1.29, 1.82) is 0 Å². The summed E-state index contributed by atoms with van der Waals surface area (Å²) in [6, 6.07) is 0. The van der Waals surface area contributed by atoms with Gasteiger partial charge < -0.3 is 14.9 Å². The van der Waals surface area contributed by atoms with E-state index in [1.807, 2.05) is 17.1 Å². The van der Waals surface area contributed by atoms with Crippen LogP contribution in [0.2, 0.25) is 0 Å². The molecule has 27 heavy (non-hydrogen) atoms. The summed E-state index contributed by atoms with van der Waals surface area (Å²) in [5.74, 6) is -0.137. The van der Waals surface area contributed by atoms with Gasteiger partial charge >= 0.3 is 6.11 Å². The molecular weight excluding hydrogens is 465 g/mol. The van der Waals surface area contributed by atoms with Crippen LogP contribution in [0.4, 0.5) is 8.78 Å². The maximum atomic E-state index is 14.9. The second-order valence-corrected chi connectivity index (χ2v) is 8.18. The lowest BCUT2D eigenvalue weighted by atomic mass is 9.86. The summed E-state index contributed by atoms with van der Waals surface area (Å²) in [6.45, 7) is 5.25. The Hall–Kier alpha value is -1.83. The fraction of sp³-hybridized carbons (Fsp3) is 0.333. The van der Waals surface area contributed by atoms with E-state index in [2.05, 4.69) is 22.6 Å². The largest absolute Gasteiger partial charge is 0.508 e. The van der Waals surface area contributed by atoms with Crippen LogP contribution in [0.3, 0.4) is 0 Å². The van der Waals surface area contributed by atoms with Crippen LogP contribution in [0.15, 0.2) is 81.6 Å². The van der Waals surface area contributed by atoms with Crippen LogP contribution in [0.5, 0.6) is 0 Å². The van der Waals surface area contributed by atoms with Crippen molar-refractivity contribution in [2.75, 3.05) is 0 Å². The first kappa shape index (κ1) is 21.5. The highest BCUT2D eigenvalue weighted by Crippen LogP contribution is 2.38. The molecule has 0 aromatic heterocycles. The third kappa shape index (κ3) is 6.09. The third-order valence-electron chi connectivity index (χ3n) is 4.08. The van der Waals surface area contributed by atoms with E-state index in [9.17, 15) is 19.0 Å². The predicted octanol–water partition coefficient (Wildman–Crippen LogP) is 6.80. The minimum Gasteiger partial charge on any atom is -0.508 e. The molecule has 1 atom stereocenters. The Morgan fingerprint density at radius 2 is 1.63 bits per heavy atom. The van der Waals surface area contributed by atoms with Gasteiger partial charge in [-0.1, -0.05) is 55.5 Å². The zero-order chi connectivity index (χ0) is 20.3. The van der Waals surface area contributed by atoms with Gasteiger partial charge in [-0.2, -0.15) is 8.78 Å². The Balaban J connectivity index is 2.35. The standard InChI is InChI=1S/C21H23F2IO3/c1-19(2)11-15(5-6-16(25)12-19)21(22,23)27-18-8-7-17(26)13-20(3,14-18)9-4-10-24/h4-8,10-14,25-26H,9H2,1-3H3/b10-4+. The highest BCUT2D eigenvalue weighted by Gasteiger charge is 2.39. The van der Waals surface area contributed by atoms with E-state index < -0.39 is 16.9 Å². The van der Waals surface area contributed by atoms with Crippen molar-refractivity contribution >= 4 is 22.6 Å². The molecule has 0 spiro atoms. The molecule has 2 N–H and O–H groups in total. The topological polar surface area (TPSA) is 49.7 Å². The van der Waals surface area contributed by atoms with Crippen LogP contribution in [0.25, 0.3) is 0 Å². The average molecular weight is 488 g/mol. The van der Waals surface area contributed by atoms with Crippen molar-refractivity contribution < 1.29 is 23.7 Å². The fourth-order valence-electron chi connectivity index (χ4n) is 2.93. The van der Waals surface area contributed by atoms with Crippen molar-refractivity contribution in [1.82, 2.24) is 0 Å². The van der Waals surface area contributed by atoms with E-state index in [-0.39, 0.29) is 22.9 Å². The highest BCUT2D eigenvalue weighted by atomic mass is 127. The summed E-state index contributed by atoms with van der Waals surface area (Å²) in [7, 11) is 0. The third-order valence-corrected chi connectivity index (χ3v) is 4.59. The number of rotatable bonds is 5. The van der Waals surface area contributed by atoms with Gasteiger partial charge in [0.25, 0.3) is 0 Å². The molecule has 0 radical (unpaired) electrons. The van der Waals surface area contributed by atoms with Crippen LogP contribution in [-0.4, -0.2) is 16.3 Å². The molecule has 3 nitrogen and oxygen atoms in total. The molecule has 0 heterocycles. The summed E-state index contributed by atoms with van der Waals surface area (Å²) in [5.41, 5.74) is -1.78. The van der Waals surface area contributed by atoms with Gasteiger partial charge in [0.15, 0.2) is 0 Å². The first-order valence-corrected chi connectivity index (χ1v) is 9.67. The number of allylic oxidation sites excluding steroid dienone is 8. The van der Waals surface area contributed by atoms with E-state index in [0.717, 1.165) is 6.08 Å². The number of ether oxygens (including phenoxy) is 1. The lowest BCUT2D eigenvalue weighted by Crippen LogP contribution is -2.24. The Morgan fingerprint density at radius 1 is 1.00 bits per heavy atom. The van der Waals surface area contributed by atoms with Crippen molar-refractivity contribution in [2.24, 2.45) is 10.8 Å². The maximum absolute atomic E-state index is 14.9. The molecule has 146 valence electrons. The molecule has 1 unspecified atom stereocenters. The second-order valence-electron chi connectivity index (χ2n) is 7.46. The number of hydrogen-bond acceptors (Lipinski definition) is 3. The lowest BCUT2D eigenvalue weighted by molar-refractivity contribution is -0.177. The quantitative estimate of drug-likeness (QED) is 0.419. The van der Waals surface area contributed by atoms with Gasteiger partial charge in [-0.25, -0.2) is 0 Å². The molecule has 0 fully saturated rings. The summed E-state index contributed by atoms with van der Waals surface area (Å²) in [4.78, 5) is 0. The first-order chi connectivity index (χ1) is 12.4. The van der Waals surface area contributed by atoms with Crippen LogP contribution >= 0.6 is 22.6 Å². The molecule has 0 amide bonds. The van der Waals surface area contributed by atoms with Gasteiger partial charge in [0.05, 0.1) is 5.57 Å². The Morgan fingerprint density at radius 3 is 2.30 bits per heavy atom. The van der Waals surface area contributed by atoms with Crippen LogP contribution in [0.1, 0.15) is 27.2 Å². The number of alkyl halides is 2. The van der Waals surface area contributed by atoms with Crippen molar-refractivity contribution in [3.05, 3.63) is 81.6 Å². The summed E-state index contributed by atoms with van der Waals surface area (Å²) in [5, 5.41) is 19.7. The van der Waals surface area contributed by atoms with E-state index >= 15 is 0 Å². The molecule has 6 heteroatoms. The van der Waals surface area contributed by atoms with E-state index in [0.29, 0.717) is 6.42 Å². The Bertz CT molecular complexity index is 798. The van der Waals surface area contributed by atoms with Gasteiger partial charge in [0.1, 0.15) is 17.3 Å². The average Bonchev–Trinajstić information content (AvgIpc) is 2.76. The van der Waals surface area contributed by atoms with Crippen LogP contribution in [-0.2, 0) is 4.74 Å². The van der Waals surface area contributed by atoms with Crippen LogP contribution in [0, 0.1) is 10.8 Å². The monoisotopic (exact) mass is 488 g/mol. The van der Waals surface area contributed by atoms with Gasteiger partial charge in [0, 0.05) is 10.8 Å². The fourth-order valence-corrected chi connectivity index (χ4v) is 3.19. The predicted molar refractivity (Wildman–Crippen MR) is 112 cm³/mol. The van der Waals surface area contributed by atoms with E-state index in [4.69, 9.17) is 4.74 Å². The smallest absolute Gasteiger partial charge is 0.426 e. The lowest BCUT2D eigenvalue weighted by Gasteiger charge is -2.25. The minimum atomic E-state index is -3.61. The first-order valence-electron chi connectivity index (χ1n) is 8.43. The van der Waals surface area contributed by atoms with Gasteiger partial charge in [0.2, 0.25) is 0 Å². The zero-order valence-electron chi connectivity index (χ0n) is 15.4. The van der Waals surface area contributed by atoms with Gasteiger partial charge in [-0.15, -0.1) is 0 Å². The zero-order valence-corrected chi connectivity index (χ0v) is 17.6. The molecule has 0 saturated carbocycles. The molecule has 0 bridgehead atoms. The van der Waals surface area contributed by atoms with Crippen LogP contribution < -0.4 is 0 Å². The van der Waals surface area contributed by atoms with E-state index in [1.54, 1.807) is 26.0 Å². The second kappa shape index (κ2) is 8.04. The molecule has 0 aromatic carbocycles.